The van der Waals surface area contributed by atoms with Gasteiger partial charge >= 0.3 is 5.97 Å². The maximum atomic E-state index is 11.5. The van der Waals surface area contributed by atoms with E-state index in [-0.39, 0.29) is 16.9 Å². The number of nitrogens with two attached hydrogens (primary N) is 1. The summed E-state index contributed by atoms with van der Waals surface area (Å²) in [7, 11) is 1.45. The van der Waals surface area contributed by atoms with E-state index < -0.39 is 0 Å². The first-order chi connectivity index (χ1) is 5.65. The summed E-state index contributed by atoms with van der Waals surface area (Å²) < 4.78 is 4.81. The Bertz CT molecular complexity index is 229. The van der Waals surface area contributed by atoms with Crippen LogP contribution in [0.25, 0.3) is 0 Å². The number of methoxy groups -OCH3 is 1. The molecule has 0 aromatic carbocycles. The third-order valence-corrected chi connectivity index (χ3v) is 3.75. The Morgan fingerprint density at radius 2 is 2.08 bits per heavy atom. The Balaban J connectivity index is 2.26. The van der Waals surface area contributed by atoms with Gasteiger partial charge in [-0.2, -0.15) is 0 Å². The van der Waals surface area contributed by atoms with Crippen LogP contribution in [-0.2, 0) is 9.53 Å². The van der Waals surface area contributed by atoms with Gasteiger partial charge in [0.05, 0.1) is 12.5 Å². The average molecular weight is 169 g/mol. The number of esters is 1. The van der Waals surface area contributed by atoms with Crippen molar-refractivity contribution < 1.29 is 9.53 Å². The molecule has 0 spiro atoms. The molecule has 2 saturated carbocycles. The predicted molar refractivity (Wildman–Crippen MR) is 44.5 cm³/mol. The lowest BCUT2D eigenvalue weighted by Crippen LogP contribution is -2.63. The minimum absolute atomic E-state index is 0.0891. The fourth-order valence-electron chi connectivity index (χ4n) is 2.79. The van der Waals surface area contributed by atoms with E-state index in [0.717, 1.165) is 32.1 Å². The molecule has 0 unspecified atom stereocenters. The Kier molecular flexibility index (Phi) is 1.49. The molecule has 2 N–H and O–H groups in total. The van der Waals surface area contributed by atoms with E-state index >= 15 is 0 Å². The Morgan fingerprint density at radius 1 is 1.33 bits per heavy atom. The maximum Gasteiger partial charge on any atom is 0.313 e. The lowest BCUT2D eigenvalue weighted by Gasteiger charge is -2.50. The molecule has 12 heavy (non-hydrogen) atoms. The van der Waals surface area contributed by atoms with E-state index in [1.54, 1.807) is 0 Å². The molecule has 0 radical (unpaired) electrons. The summed E-state index contributed by atoms with van der Waals surface area (Å²) in [6.45, 7) is 0. The molecule has 0 amide bonds. The monoisotopic (exact) mass is 169 g/mol. The van der Waals surface area contributed by atoms with Gasteiger partial charge in [0.15, 0.2) is 0 Å². The highest BCUT2D eigenvalue weighted by Crippen LogP contribution is 2.59. The van der Waals surface area contributed by atoms with Gasteiger partial charge in [-0.15, -0.1) is 0 Å². The molecular weight excluding hydrogens is 154 g/mol. The van der Waals surface area contributed by atoms with Crippen LogP contribution in [0.15, 0.2) is 0 Å². The van der Waals surface area contributed by atoms with Crippen LogP contribution < -0.4 is 5.73 Å². The van der Waals surface area contributed by atoms with Crippen LogP contribution in [0.3, 0.4) is 0 Å². The predicted octanol–water partition coefficient (Wildman–Crippen LogP) is 0.821. The Morgan fingerprint density at radius 3 is 2.50 bits per heavy atom. The van der Waals surface area contributed by atoms with E-state index in [4.69, 9.17) is 10.5 Å². The lowest BCUT2D eigenvalue weighted by molar-refractivity contribution is -0.164. The second-order valence-electron chi connectivity index (χ2n) is 4.08. The van der Waals surface area contributed by atoms with E-state index in [1.165, 1.54) is 7.11 Å². The second-order valence-corrected chi connectivity index (χ2v) is 4.08. The smallest absolute Gasteiger partial charge is 0.313 e. The van der Waals surface area contributed by atoms with Crippen LogP contribution in [0.1, 0.15) is 32.1 Å². The first kappa shape index (κ1) is 8.05. The molecule has 2 atom stereocenters. The third kappa shape index (κ3) is 0.678. The standard InChI is InChI=1S/C9H15NO2/c1-12-7(11)8-3-2-4-9(8,10)6-5-8/h2-6,10H2,1H3/t8-,9-/m1/s1. The van der Waals surface area contributed by atoms with E-state index in [0.29, 0.717) is 0 Å². The number of carbonyl (C=O) groups excluding carboxylic acids is 1. The minimum Gasteiger partial charge on any atom is -0.469 e. The van der Waals surface area contributed by atoms with Gasteiger partial charge in [-0.1, -0.05) is 6.42 Å². The highest BCUT2D eigenvalue weighted by Gasteiger charge is 2.64. The normalized spacial score (nSPS) is 44.8. The number of fused-ring (bicyclic) bond motifs is 1. The van der Waals surface area contributed by atoms with Gasteiger partial charge in [-0.25, -0.2) is 0 Å². The highest BCUT2D eigenvalue weighted by molar-refractivity contribution is 5.80. The number of ether oxygens (including phenoxy) is 1. The van der Waals surface area contributed by atoms with Crippen LogP contribution in [0.2, 0.25) is 0 Å². The minimum atomic E-state index is -0.304. The fourth-order valence-corrected chi connectivity index (χ4v) is 2.79. The summed E-state index contributed by atoms with van der Waals surface area (Å²) in [4.78, 5) is 11.5. The van der Waals surface area contributed by atoms with Crippen molar-refractivity contribution in [2.75, 3.05) is 7.11 Å². The van der Waals surface area contributed by atoms with Crippen molar-refractivity contribution in [3.8, 4) is 0 Å². The maximum absolute atomic E-state index is 11.5. The quantitative estimate of drug-likeness (QED) is 0.591. The van der Waals surface area contributed by atoms with Gasteiger partial charge in [-0.3, -0.25) is 4.79 Å². The molecule has 0 saturated heterocycles. The Hall–Kier alpha value is -0.570. The van der Waals surface area contributed by atoms with Gasteiger partial charge in [-0.05, 0) is 25.7 Å². The lowest BCUT2D eigenvalue weighted by atomic mass is 9.57. The van der Waals surface area contributed by atoms with Gasteiger partial charge < -0.3 is 10.5 Å². The summed E-state index contributed by atoms with van der Waals surface area (Å²) in [5.74, 6) is -0.0891. The topological polar surface area (TPSA) is 52.3 Å². The first-order valence-corrected chi connectivity index (χ1v) is 4.52. The largest absolute Gasteiger partial charge is 0.469 e. The molecule has 0 aliphatic heterocycles. The second kappa shape index (κ2) is 2.22. The summed E-state index contributed by atoms with van der Waals surface area (Å²) in [5.41, 5.74) is 5.59. The summed E-state index contributed by atoms with van der Waals surface area (Å²) >= 11 is 0. The average Bonchev–Trinajstić information content (AvgIpc) is 2.28. The zero-order valence-electron chi connectivity index (χ0n) is 7.43. The van der Waals surface area contributed by atoms with Crippen LogP contribution >= 0.6 is 0 Å². The molecule has 0 bridgehead atoms. The molecule has 0 heterocycles. The Labute approximate surface area is 72.3 Å². The van der Waals surface area contributed by atoms with Crippen molar-refractivity contribution >= 4 is 5.97 Å². The highest BCUT2D eigenvalue weighted by atomic mass is 16.5. The van der Waals surface area contributed by atoms with E-state index in [1.807, 2.05) is 0 Å². The number of hydrogen-bond acceptors (Lipinski definition) is 3. The van der Waals surface area contributed by atoms with Crippen molar-refractivity contribution in [3.05, 3.63) is 0 Å². The van der Waals surface area contributed by atoms with Crippen molar-refractivity contribution in [2.24, 2.45) is 11.1 Å². The third-order valence-electron chi connectivity index (χ3n) is 3.75. The molecule has 2 aliphatic rings. The molecule has 0 aromatic rings. The number of carbonyl (C=O) groups is 1. The van der Waals surface area contributed by atoms with Crippen LogP contribution in [-0.4, -0.2) is 18.6 Å². The molecule has 2 aliphatic carbocycles. The summed E-state index contributed by atoms with van der Waals surface area (Å²) in [5, 5.41) is 0. The van der Waals surface area contributed by atoms with Gasteiger partial charge in [0, 0.05) is 5.54 Å². The van der Waals surface area contributed by atoms with Crippen LogP contribution in [0.4, 0.5) is 0 Å². The molecule has 3 nitrogen and oxygen atoms in total. The van der Waals surface area contributed by atoms with Crippen molar-refractivity contribution in [1.82, 2.24) is 0 Å². The molecule has 68 valence electrons. The molecule has 2 rings (SSSR count). The van der Waals surface area contributed by atoms with Gasteiger partial charge in [0.2, 0.25) is 0 Å². The van der Waals surface area contributed by atoms with Crippen LogP contribution in [0.5, 0.6) is 0 Å². The van der Waals surface area contributed by atoms with Crippen LogP contribution in [0, 0.1) is 5.41 Å². The SMILES string of the molecule is COC(=O)[C@]12CCC[C@@]1(N)CC2. The zero-order valence-corrected chi connectivity index (χ0v) is 7.43. The van der Waals surface area contributed by atoms with Crippen molar-refractivity contribution in [1.29, 1.82) is 0 Å². The molecule has 0 aromatic heterocycles. The first-order valence-electron chi connectivity index (χ1n) is 4.52. The number of hydrogen-bond donors (Lipinski definition) is 1. The summed E-state index contributed by atoms with van der Waals surface area (Å²) in [6.07, 6.45) is 4.90. The molecule has 2 fully saturated rings. The number of rotatable bonds is 1. The van der Waals surface area contributed by atoms with E-state index in [9.17, 15) is 4.79 Å². The van der Waals surface area contributed by atoms with Gasteiger partial charge in [0.25, 0.3) is 0 Å². The molecular formula is C9H15NO2. The van der Waals surface area contributed by atoms with E-state index in [2.05, 4.69) is 0 Å². The molecule has 3 heteroatoms. The fraction of sp³-hybridized carbons (Fsp3) is 0.889. The van der Waals surface area contributed by atoms with Crippen molar-refractivity contribution in [3.63, 3.8) is 0 Å². The van der Waals surface area contributed by atoms with Gasteiger partial charge in [0.1, 0.15) is 0 Å². The zero-order chi connectivity index (χ0) is 8.82. The summed E-state index contributed by atoms with van der Waals surface area (Å²) in [6, 6.07) is 0. The van der Waals surface area contributed by atoms with Crippen molar-refractivity contribution in [2.45, 2.75) is 37.6 Å².